The van der Waals surface area contributed by atoms with Crippen LogP contribution in [0, 0.1) is 0 Å². The highest BCUT2D eigenvalue weighted by Gasteiger charge is 2.22. The summed E-state index contributed by atoms with van der Waals surface area (Å²) in [6.07, 6.45) is 0. The zero-order chi connectivity index (χ0) is 25.7. The molecule has 9 nitrogen and oxygen atoms in total. The Labute approximate surface area is 216 Å². The van der Waals surface area contributed by atoms with Crippen LogP contribution in [0.3, 0.4) is 0 Å². The Kier molecular flexibility index (Phi) is 7.97. The number of thiazole rings is 2. The number of hydrogen-bond acceptors (Lipinski definition) is 8. The molecule has 2 heterocycles. The predicted molar refractivity (Wildman–Crippen MR) is 142 cm³/mol. The van der Waals surface area contributed by atoms with Crippen LogP contribution in [0.2, 0.25) is 0 Å². The molecule has 0 fully saturated rings. The number of nitrogens with one attached hydrogen (secondary N) is 1. The fourth-order valence-electron chi connectivity index (χ4n) is 3.51. The Morgan fingerprint density at radius 1 is 1.11 bits per heavy atom. The van der Waals surface area contributed by atoms with Crippen LogP contribution in [0.1, 0.15) is 13.8 Å². The van der Waals surface area contributed by atoms with Crippen LogP contribution in [0.4, 0.5) is 5.13 Å². The van der Waals surface area contributed by atoms with Crippen molar-refractivity contribution >= 4 is 59.7 Å². The third kappa shape index (κ3) is 6.25. The topological polar surface area (TPSA) is 120 Å². The van der Waals surface area contributed by atoms with Crippen LogP contribution in [0.25, 0.3) is 21.5 Å². The van der Waals surface area contributed by atoms with Gasteiger partial charge in [-0.05, 0) is 32.0 Å². The molecule has 0 saturated carbocycles. The first kappa shape index (κ1) is 25.7. The van der Waals surface area contributed by atoms with Crippen molar-refractivity contribution in [2.75, 3.05) is 23.4 Å². The van der Waals surface area contributed by atoms with Gasteiger partial charge in [0.1, 0.15) is 17.3 Å². The van der Waals surface area contributed by atoms with Gasteiger partial charge in [0.15, 0.2) is 19.8 Å². The van der Waals surface area contributed by atoms with Crippen LogP contribution >= 0.6 is 22.7 Å². The van der Waals surface area contributed by atoms with Crippen LogP contribution in [-0.4, -0.2) is 47.9 Å². The molecule has 0 atom stereocenters. The molecule has 4 rings (SSSR count). The normalized spacial score (nSPS) is 12.1. The number of sulfone groups is 1. The summed E-state index contributed by atoms with van der Waals surface area (Å²) in [6.45, 7) is 4.88. The van der Waals surface area contributed by atoms with E-state index in [1.165, 1.54) is 22.7 Å². The lowest BCUT2D eigenvalue weighted by molar-refractivity contribution is -0.115. The molecule has 0 unspecified atom stereocenters. The summed E-state index contributed by atoms with van der Waals surface area (Å²) >= 11 is 2.46. The van der Waals surface area contributed by atoms with Crippen molar-refractivity contribution in [1.29, 1.82) is 0 Å². The molecule has 1 N–H and O–H groups in total. The van der Waals surface area contributed by atoms with Crippen molar-refractivity contribution in [1.82, 2.24) is 9.55 Å². The Bertz CT molecular complexity index is 1570. The summed E-state index contributed by atoms with van der Waals surface area (Å²) in [4.78, 5) is 33.6. The molecule has 0 aliphatic heterocycles. The lowest BCUT2D eigenvalue weighted by Crippen LogP contribution is -2.28. The van der Waals surface area contributed by atoms with E-state index in [1.807, 2.05) is 66.9 Å². The fraction of sp³-hybridized carbons (Fsp3) is 0.250. The zero-order valence-corrected chi connectivity index (χ0v) is 22.1. The summed E-state index contributed by atoms with van der Waals surface area (Å²) < 4.78 is 33.3. The number of rotatable bonds is 9. The summed E-state index contributed by atoms with van der Waals surface area (Å²) in [5.74, 6) is -2.59. The Balaban J connectivity index is 1.43. The highest BCUT2D eigenvalue weighted by atomic mass is 32.2. The molecular formula is C24H24N4O5S3. The zero-order valence-electron chi connectivity index (χ0n) is 19.6. The Hall–Kier alpha value is -3.35. The van der Waals surface area contributed by atoms with E-state index in [-0.39, 0.29) is 5.13 Å². The number of ether oxygens (including phenoxy) is 1. The van der Waals surface area contributed by atoms with Crippen LogP contribution in [0.5, 0.6) is 5.75 Å². The van der Waals surface area contributed by atoms with E-state index in [9.17, 15) is 18.0 Å². The summed E-state index contributed by atoms with van der Waals surface area (Å²) in [5, 5.41) is 4.55. The van der Waals surface area contributed by atoms with Gasteiger partial charge in [-0.2, -0.15) is 4.99 Å². The maximum Gasteiger partial charge on any atom is 0.263 e. The van der Waals surface area contributed by atoms with Gasteiger partial charge in [-0.25, -0.2) is 13.4 Å². The molecule has 0 aliphatic rings. The average molecular weight is 545 g/mol. The minimum atomic E-state index is -4.03. The largest absolute Gasteiger partial charge is 0.494 e. The van der Waals surface area contributed by atoms with Gasteiger partial charge in [0.25, 0.3) is 5.91 Å². The molecule has 2 aromatic carbocycles. The van der Waals surface area contributed by atoms with E-state index in [2.05, 4.69) is 15.3 Å². The third-order valence-corrected chi connectivity index (χ3v) is 8.20. The minimum Gasteiger partial charge on any atom is -0.494 e. The fourth-order valence-corrected chi connectivity index (χ4v) is 6.40. The summed E-state index contributed by atoms with van der Waals surface area (Å²) in [6, 6.07) is 15.0. The van der Waals surface area contributed by atoms with Crippen molar-refractivity contribution < 1.29 is 22.7 Å². The molecule has 188 valence electrons. The second-order valence-electron chi connectivity index (χ2n) is 7.68. The van der Waals surface area contributed by atoms with E-state index in [0.717, 1.165) is 15.8 Å². The summed E-state index contributed by atoms with van der Waals surface area (Å²) in [5.41, 5.74) is 2.43. The molecule has 2 amide bonds. The van der Waals surface area contributed by atoms with Gasteiger partial charge in [-0.15, -0.1) is 11.3 Å². The average Bonchev–Trinajstić information content (AvgIpc) is 3.42. The molecule has 36 heavy (non-hydrogen) atoms. The van der Waals surface area contributed by atoms with Gasteiger partial charge < -0.3 is 14.6 Å². The second kappa shape index (κ2) is 11.1. The van der Waals surface area contributed by atoms with Crippen LogP contribution < -0.4 is 14.9 Å². The van der Waals surface area contributed by atoms with Gasteiger partial charge in [0.05, 0.1) is 22.5 Å². The minimum absolute atomic E-state index is 0.283. The van der Waals surface area contributed by atoms with Gasteiger partial charge in [-0.3, -0.25) is 9.59 Å². The third-order valence-electron chi connectivity index (χ3n) is 5.02. The predicted octanol–water partition coefficient (Wildman–Crippen LogP) is 3.73. The van der Waals surface area contributed by atoms with Crippen molar-refractivity contribution in [3.63, 3.8) is 0 Å². The smallest absolute Gasteiger partial charge is 0.263 e. The van der Waals surface area contributed by atoms with Gasteiger partial charge in [0, 0.05) is 17.5 Å². The van der Waals surface area contributed by atoms with E-state index in [4.69, 9.17) is 4.74 Å². The summed E-state index contributed by atoms with van der Waals surface area (Å²) in [7, 11) is -4.03. The first-order valence-electron chi connectivity index (χ1n) is 11.1. The number of aryl methyl sites for hydroxylation is 1. The number of carbonyl (C=O) groups excluding carboxylic acids is 2. The number of nitrogens with zero attached hydrogens (tertiary/aromatic N) is 3. The van der Waals surface area contributed by atoms with Crippen molar-refractivity contribution in [2.45, 2.75) is 20.4 Å². The lowest BCUT2D eigenvalue weighted by Gasteiger charge is -2.04. The maximum atomic E-state index is 12.5. The van der Waals surface area contributed by atoms with Gasteiger partial charge in [0.2, 0.25) is 5.91 Å². The molecule has 2 aromatic heterocycles. The van der Waals surface area contributed by atoms with Gasteiger partial charge in [-0.1, -0.05) is 41.7 Å². The first-order valence-corrected chi connectivity index (χ1v) is 14.6. The number of benzene rings is 2. The van der Waals surface area contributed by atoms with Crippen LogP contribution in [0.15, 0.2) is 58.9 Å². The van der Waals surface area contributed by atoms with Crippen molar-refractivity contribution in [2.24, 2.45) is 4.99 Å². The number of hydrogen-bond donors (Lipinski definition) is 1. The maximum absolute atomic E-state index is 12.5. The molecule has 0 bridgehead atoms. The number of fused-ring (bicyclic) bond motifs is 1. The quantitative estimate of drug-likeness (QED) is 0.343. The van der Waals surface area contributed by atoms with Crippen molar-refractivity contribution in [3.8, 4) is 17.0 Å². The number of carbonyl (C=O) groups is 2. The molecule has 0 aliphatic carbocycles. The molecule has 0 saturated heterocycles. The highest BCUT2D eigenvalue weighted by Crippen LogP contribution is 2.25. The van der Waals surface area contributed by atoms with Gasteiger partial charge >= 0.3 is 0 Å². The van der Waals surface area contributed by atoms with Crippen molar-refractivity contribution in [3.05, 3.63) is 58.7 Å². The number of aromatic nitrogens is 2. The van der Waals surface area contributed by atoms with E-state index < -0.39 is 33.2 Å². The molecule has 4 aromatic rings. The first-order chi connectivity index (χ1) is 17.3. The monoisotopic (exact) mass is 544 g/mol. The van der Waals surface area contributed by atoms with E-state index in [0.29, 0.717) is 29.4 Å². The number of anilines is 1. The number of amides is 2. The molecule has 0 spiro atoms. The lowest BCUT2D eigenvalue weighted by atomic mass is 10.2. The highest BCUT2D eigenvalue weighted by molar-refractivity contribution is 7.92. The Morgan fingerprint density at radius 2 is 1.89 bits per heavy atom. The molecule has 12 heteroatoms. The Morgan fingerprint density at radius 3 is 2.61 bits per heavy atom. The molecule has 0 radical (unpaired) electrons. The standard InChI is InChI=1S/C24H24N4O5S3/c1-3-28-19-11-10-17(33-4-2)12-20(19)35-24(28)27-22(30)15-36(31,32)14-21(29)26-23-25-18(13-34-23)16-8-6-5-7-9-16/h5-13H,3-4,14-15H2,1-2H3,(H,25,26,29). The van der Waals surface area contributed by atoms with E-state index >= 15 is 0 Å². The van der Waals surface area contributed by atoms with Crippen LogP contribution in [-0.2, 0) is 26.0 Å². The SMILES string of the molecule is CCOc1ccc2c(c1)sc(=NC(=O)CS(=O)(=O)CC(=O)Nc1nc(-c3ccccc3)cs1)n2CC. The molecular weight excluding hydrogens is 520 g/mol. The second-order valence-corrected chi connectivity index (χ2v) is 11.6. The van der Waals surface area contributed by atoms with E-state index in [1.54, 1.807) is 5.38 Å².